The first kappa shape index (κ1) is 23.6. The highest BCUT2D eigenvalue weighted by atomic mass is 16.6. The van der Waals surface area contributed by atoms with Gasteiger partial charge in [-0.05, 0) is 55.6 Å². The number of carbonyl (C=O) groups is 2. The second-order valence-corrected chi connectivity index (χ2v) is 7.10. The summed E-state index contributed by atoms with van der Waals surface area (Å²) < 4.78 is 0. The van der Waals surface area contributed by atoms with Crippen molar-refractivity contribution in [3.63, 3.8) is 0 Å². The second kappa shape index (κ2) is 11.5. The summed E-state index contributed by atoms with van der Waals surface area (Å²) in [6, 6.07) is 11.9. The van der Waals surface area contributed by atoms with Crippen molar-refractivity contribution in [2.45, 2.75) is 31.8 Å². The number of carboxylic acid groups (broad SMARTS) is 1. The van der Waals surface area contributed by atoms with Gasteiger partial charge in [0.2, 0.25) is 0 Å². The maximum Gasteiger partial charge on any atom is 0.326 e. The Balaban J connectivity index is 1.89. The normalized spacial score (nSPS) is 11.4. The molecule has 0 unspecified atom stereocenters. The van der Waals surface area contributed by atoms with Crippen LogP contribution in [0.3, 0.4) is 0 Å². The topological polar surface area (TPSA) is 151 Å². The van der Waals surface area contributed by atoms with E-state index < -0.39 is 23.0 Å². The minimum Gasteiger partial charge on any atom is -0.480 e. The highest BCUT2D eigenvalue weighted by Crippen LogP contribution is 2.20. The van der Waals surface area contributed by atoms with Gasteiger partial charge >= 0.3 is 12.0 Å². The number of hydrogen-bond acceptors (Lipinski definition) is 6. The van der Waals surface area contributed by atoms with E-state index in [1.807, 2.05) is 24.1 Å². The summed E-state index contributed by atoms with van der Waals surface area (Å²) in [5.41, 5.74) is 7.79. The highest BCUT2D eigenvalue weighted by molar-refractivity contribution is 5.92. The summed E-state index contributed by atoms with van der Waals surface area (Å²) >= 11 is 0. The Bertz CT molecular complexity index is 886. The molecule has 0 aromatic heterocycles. The van der Waals surface area contributed by atoms with E-state index in [0.29, 0.717) is 38.0 Å². The maximum atomic E-state index is 12.1. The van der Waals surface area contributed by atoms with E-state index in [1.165, 1.54) is 12.1 Å². The number of non-ortho nitro benzene ring substituents is 1. The summed E-state index contributed by atoms with van der Waals surface area (Å²) in [7, 11) is 1.87. The smallest absolute Gasteiger partial charge is 0.326 e. The first-order valence-electron chi connectivity index (χ1n) is 9.85. The van der Waals surface area contributed by atoms with Gasteiger partial charge in [-0.15, -0.1) is 0 Å². The molecule has 0 aliphatic heterocycles. The van der Waals surface area contributed by atoms with Gasteiger partial charge in [0.05, 0.1) is 4.92 Å². The van der Waals surface area contributed by atoms with Crippen molar-refractivity contribution in [2.75, 3.05) is 23.8 Å². The average Bonchev–Trinajstić information content (AvgIpc) is 2.74. The zero-order chi connectivity index (χ0) is 22.8. The van der Waals surface area contributed by atoms with E-state index in [2.05, 4.69) is 10.6 Å². The van der Waals surface area contributed by atoms with Crippen LogP contribution in [0.4, 0.5) is 21.9 Å². The van der Waals surface area contributed by atoms with Crippen molar-refractivity contribution < 1.29 is 19.6 Å². The Morgan fingerprint density at radius 3 is 2.32 bits per heavy atom. The number of carboxylic acids is 1. The van der Waals surface area contributed by atoms with Crippen LogP contribution in [-0.2, 0) is 11.3 Å². The van der Waals surface area contributed by atoms with Crippen LogP contribution in [0.15, 0.2) is 48.5 Å². The van der Waals surface area contributed by atoms with Crippen molar-refractivity contribution >= 4 is 29.1 Å². The Morgan fingerprint density at radius 2 is 1.77 bits per heavy atom. The van der Waals surface area contributed by atoms with Gasteiger partial charge in [-0.25, -0.2) is 9.59 Å². The van der Waals surface area contributed by atoms with Crippen LogP contribution in [0.25, 0.3) is 0 Å². The van der Waals surface area contributed by atoms with Crippen LogP contribution in [0.5, 0.6) is 0 Å². The van der Waals surface area contributed by atoms with Crippen molar-refractivity contribution in [2.24, 2.45) is 5.73 Å². The number of carbonyl (C=O) groups excluding carboxylic acids is 1. The molecule has 2 rings (SSSR count). The van der Waals surface area contributed by atoms with E-state index >= 15 is 0 Å². The van der Waals surface area contributed by atoms with Gasteiger partial charge in [-0.3, -0.25) is 10.1 Å². The predicted molar refractivity (Wildman–Crippen MR) is 118 cm³/mol. The van der Waals surface area contributed by atoms with Crippen molar-refractivity contribution in [3.8, 4) is 0 Å². The van der Waals surface area contributed by atoms with Gasteiger partial charge < -0.3 is 26.4 Å². The molecule has 0 heterocycles. The molecule has 0 saturated carbocycles. The molecule has 166 valence electrons. The molecule has 1 atom stereocenters. The molecule has 0 fully saturated rings. The van der Waals surface area contributed by atoms with E-state index in [9.17, 15) is 24.8 Å². The minimum absolute atomic E-state index is 0.0374. The molecule has 0 radical (unpaired) electrons. The average molecular weight is 429 g/mol. The lowest BCUT2D eigenvalue weighted by molar-refractivity contribution is -0.384. The van der Waals surface area contributed by atoms with Gasteiger partial charge in [-0.2, -0.15) is 0 Å². The van der Waals surface area contributed by atoms with Gasteiger partial charge in [0.1, 0.15) is 6.04 Å². The number of urea groups is 1. The van der Waals surface area contributed by atoms with E-state index in [4.69, 9.17) is 5.73 Å². The molecular formula is C21H27N5O5. The number of rotatable bonds is 11. The molecule has 10 nitrogen and oxygen atoms in total. The molecule has 0 aliphatic carbocycles. The number of nitrogens with zero attached hydrogens (tertiary/aromatic N) is 2. The number of nitrogens with two attached hydrogens (primary N) is 1. The number of nitrogens with one attached hydrogen (secondary N) is 2. The quantitative estimate of drug-likeness (QED) is 0.243. The molecule has 2 aromatic carbocycles. The Morgan fingerprint density at radius 1 is 1.13 bits per heavy atom. The van der Waals surface area contributed by atoms with Gasteiger partial charge in [0.15, 0.2) is 0 Å². The molecule has 0 saturated heterocycles. The minimum atomic E-state index is -1.09. The number of aliphatic carboxylic acids is 1. The van der Waals surface area contributed by atoms with Crippen LogP contribution < -0.4 is 21.3 Å². The third kappa shape index (κ3) is 7.59. The van der Waals surface area contributed by atoms with Crippen LogP contribution in [0, 0.1) is 10.1 Å². The van der Waals surface area contributed by atoms with Gasteiger partial charge in [0, 0.05) is 37.1 Å². The summed E-state index contributed by atoms with van der Waals surface area (Å²) in [6.45, 7) is 1.04. The lowest BCUT2D eigenvalue weighted by Gasteiger charge is -2.19. The molecule has 2 aromatic rings. The Kier molecular flexibility index (Phi) is 8.77. The number of unbranched alkanes of at least 4 members (excludes halogenated alkanes) is 1. The van der Waals surface area contributed by atoms with Gasteiger partial charge in [0.25, 0.3) is 5.69 Å². The Hall–Kier alpha value is -3.66. The number of nitro benzene ring substituents is 1. The third-order valence-corrected chi connectivity index (χ3v) is 4.68. The lowest BCUT2D eigenvalue weighted by atomic mass is 10.1. The number of amides is 2. The zero-order valence-corrected chi connectivity index (χ0v) is 17.3. The first-order valence-corrected chi connectivity index (χ1v) is 9.85. The van der Waals surface area contributed by atoms with E-state index in [-0.39, 0.29) is 5.69 Å². The summed E-state index contributed by atoms with van der Waals surface area (Å²) in [5, 5.41) is 25.1. The number of nitro groups is 1. The van der Waals surface area contributed by atoms with E-state index in [0.717, 1.165) is 11.3 Å². The lowest BCUT2D eigenvalue weighted by Crippen LogP contribution is -2.43. The summed E-state index contributed by atoms with van der Waals surface area (Å²) in [6.07, 6.45) is 1.63. The fraction of sp³-hybridized carbons (Fsp3) is 0.333. The molecule has 0 aliphatic rings. The van der Waals surface area contributed by atoms with Crippen LogP contribution in [0.1, 0.15) is 24.8 Å². The SMILES string of the molecule is CN(Cc1ccc(NC(=O)N[C@@H](CCCCN)C(=O)O)cc1)c1ccc([N+](=O)[O-])cc1. The number of hydrogen-bond donors (Lipinski definition) is 4. The van der Waals surface area contributed by atoms with Crippen molar-refractivity contribution in [1.29, 1.82) is 0 Å². The summed E-state index contributed by atoms with van der Waals surface area (Å²) in [4.78, 5) is 35.7. The van der Waals surface area contributed by atoms with Crippen molar-refractivity contribution in [3.05, 3.63) is 64.2 Å². The Labute approximate surface area is 180 Å². The molecule has 0 bridgehead atoms. The predicted octanol–water partition coefficient (Wildman–Crippen LogP) is 2.93. The monoisotopic (exact) mass is 429 g/mol. The standard InChI is InChI=1S/C21H27N5O5/c1-25(17-9-11-18(12-10-17)26(30)31)14-15-5-7-16(8-6-15)23-21(29)24-19(20(27)28)4-2-3-13-22/h5-12,19H,2-4,13-14,22H2,1H3,(H,27,28)(H2,23,24,29)/t19-/m0/s1. The fourth-order valence-corrected chi connectivity index (χ4v) is 2.96. The molecule has 5 N–H and O–H groups in total. The summed E-state index contributed by atoms with van der Waals surface area (Å²) in [5.74, 6) is -1.09. The van der Waals surface area contributed by atoms with E-state index in [1.54, 1.807) is 24.3 Å². The van der Waals surface area contributed by atoms with Crippen LogP contribution in [0.2, 0.25) is 0 Å². The molecule has 10 heteroatoms. The third-order valence-electron chi connectivity index (χ3n) is 4.68. The molecule has 0 spiro atoms. The number of benzene rings is 2. The molecule has 31 heavy (non-hydrogen) atoms. The zero-order valence-electron chi connectivity index (χ0n) is 17.3. The maximum absolute atomic E-state index is 12.1. The number of anilines is 2. The first-order chi connectivity index (χ1) is 14.8. The largest absolute Gasteiger partial charge is 0.480 e. The van der Waals surface area contributed by atoms with Gasteiger partial charge in [-0.1, -0.05) is 12.1 Å². The van der Waals surface area contributed by atoms with Crippen molar-refractivity contribution in [1.82, 2.24) is 5.32 Å². The fourth-order valence-electron chi connectivity index (χ4n) is 2.96. The van der Waals surface area contributed by atoms with Crippen LogP contribution in [-0.4, -0.2) is 41.7 Å². The molecule has 2 amide bonds. The second-order valence-electron chi connectivity index (χ2n) is 7.10. The highest BCUT2D eigenvalue weighted by Gasteiger charge is 2.19. The van der Waals surface area contributed by atoms with Crippen LogP contribution >= 0.6 is 0 Å². The molecular weight excluding hydrogens is 402 g/mol.